The number of aliphatic hydroxyl groups excluding tert-OH is 7. The highest BCUT2D eigenvalue weighted by Gasteiger charge is 2.33. The highest BCUT2D eigenvalue weighted by molar-refractivity contribution is 4.84. The zero-order chi connectivity index (χ0) is 11.3. The quantitative estimate of drug-likeness (QED) is 0.236. The summed E-state index contributed by atoms with van der Waals surface area (Å²) in [5, 5.41) is 61.9. The van der Waals surface area contributed by atoms with Crippen molar-refractivity contribution < 1.29 is 35.7 Å². The van der Waals surface area contributed by atoms with Crippen molar-refractivity contribution in [3.63, 3.8) is 0 Å². The van der Waals surface area contributed by atoms with Gasteiger partial charge < -0.3 is 35.7 Å². The summed E-state index contributed by atoms with van der Waals surface area (Å²) < 4.78 is 0. The van der Waals surface area contributed by atoms with E-state index in [1.54, 1.807) is 0 Å². The third kappa shape index (κ3) is 3.46. The van der Waals surface area contributed by atoms with Crippen LogP contribution in [0, 0.1) is 0 Å². The van der Waals surface area contributed by atoms with E-state index in [0.29, 0.717) is 0 Å². The lowest BCUT2D eigenvalue weighted by molar-refractivity contribution is -0.145. The topological polar surface area (TPSA) is 142 Å². The van der Waals surface area contributed by atoms with Gasteiger partial charge in [-0.2, -0.15) is 0 Å². The van der Waals surface area contributed by atoms with Crippen LogP contribution >= 0.6 is 0 Å². The molecule has 14 heavy (non-hydrogen) atoms. The first kappa shape index (κ1) is 13.7. The molecule has 5 atom stereocenters. The zero-order valence-corrected chi connectivity index (χ0v) is 7.43. The van der Waals surface area contributed by atoms with Crippen LogP contribution in [0.1, 0.15) is 0 Å². The van der Waals surface area contributed by atoms with Crippen LogP contribution in [0.25, 0.3) is 0 Å². The fourth-order valence-corrected chi connectivity index (χ4v) is 0.873. The van der Waals surface area contributed by atoms with E-state index in [1.807, 2.05) is 0 Å². The van der Waals surface area contributed by atoms with Crippen molar-refractivity contribution in [3.05, 3.63) is 0 Å². The highest BCUT2D eigenvalue weighted by atomic mass is 16.4. The van der Waals surface area contributed by atoms with Crippen LogP contribution in [0.15, 0.2) is 0 Å². The van der Waals surface area contributed by atoms with Gasteiger partial charge in [0.1, 0.15) is 30.5 Å². The van der Waals surface area contributed by atoms with E-state index in [4.69, 9.17) is 35.7 Å². The fourth-order valence-electron chi connectivity index (χ4n) is 0.873. The lowest BCUT2D eigenvalue weighted by Crippen LogP contribution is -2.50. The smallest absolute Gasteiger partial charge is 0.111 e. The van der Waals surface area contributed by atoms with E-state index in [9.17, 15) is 0 Å². The van der Waals surface area contributed by atoms with Crippen LogP contribution in [0.3, 0.4) is 0 Å². The molecule has 2 unspecified atom stereocenters. The molecule has 0 aliphatic rings. The first-order chi connectivity index (χ1) is 6.45. The maximum Gasteiger partial charge on any atom is 0.111 e. The molecule has 0 aromatic heterocycles. The lowest BCUT2D eigenvalue weighted by atomic mass is 10.00. The van der Waals surface area contributed by atoms with E-state index in [2.05, 4.69) is 0 Å². The van der Waals surface area contributed by atoms with Gasteiger partial charge in [-0.05, 0) is 0 Å². The number of rotatable bonds is 6. The molecule has 0 saturated carbocycles. The third-order valence-electron chi connectivity index (χ3n) is 1.86. The lowest BCUT2D eigenvalue weighted by Gasteiger charge is -2.27. The zero-order valence-electron chi connectivity index (χ0n) is 7.43. The van der Waals surface area contributed by atoms with Gasteiger partial charge in [-0.25, -0.2) is 0 Å². The maximum absolute atomic E-state index is 9.15. The second kappa shape index (κ2) is 6.25. The average molecular weight is 212 g/mol. The standard InChI is InChI=1S/C7H16O7/c8-1-3(10)5(12)7(14)6(13)4(11)2-9/h3-14H,1-2H2/t3-,4?,5-,6+,7?/m1/s1. The Bertz CT molecular complexity index is 137. The third-order valence-corrected chi connectivity index (χ3v) is 1.86. The predicted octanol–water partition coefficient (Wildman–Crippen LogP) is -4.22. The molecular formula is C7H16O7. The van der Waals surface area contributed by atoms with Crippen molar-refractivity contribution in [3.8, 4) is 0 Å². The van der Waals surface area contributed by atoms with Gasteiger partial charge in [0.15, 0.2) is 0 Å². The molecule has 0 aromatic rings. The minimum absolute atomic E-state index is 0.792. The van der Waals surface area contributed by atoms with Crippen molar-refractivity contribution in [2.24, 2.45) is 0 Å². The Hall–Kier alpha value is -0.280. The second-order valence-electron chi connectivity index (χ2n) is 2.97. The van der Waals surface area contributed by atoms with Crippen LogP contribution in [0.2, 0.25) is 0 Å². The van der Waals surface area contributed by atoms with Crippen LogP contribution in [0.4, 0.5) is 0 Å². The Morgan fingerprint density at radius 3 is 1.07 bits per heavy atom. The molecule has 86 valence electrons. The summed E-state index contributed by atoms with van der Waals surface area (Å²) in [6, 6.07) is 0. The largest absolute Gasteiger partial charge is 0.394 e. The van der Waals surface area contributed by atoms with Crippen molar-refractivity contribution in [2.45, 2.75) is 30.5 Å². The minimum Gasteiger partial charge on any atom is -0.394 e. The van der Waals surface area contributed by atoms with Gasteiger partial charge in [-0.3, -0.25) is 0 Å². The average Bonchev–Trinajstić information content (AvgIpc) is 2.23. The molecule has 7 N–H and O–H groups in total. The van der Waals surface area contributed by atoms with E-state index >= 15 is 0 Å². The molecular weight excluding hydrogens is 196 g/mol. The molecule has 0 fully saturated rings. The normalized spacial score (nSPS) is 22.5. The number of aliphatic hydroxyl groups is 7. The number of hydrogen-bond donors (Lipinski definition) is 7. The molecule has 0 heterocycles. The first-order valence-electron chi connectivity index (χ1n) is 4.07. The van der Waals surface area contributed by atoms with Gasteiger partial charge in [0, 0.05) is 0 Å². The molecule has 0 aliphatic carbocycles. The molecule has 0 rings (SSSR count). The van der Waals surface area contributed by atoms with Crippen LogP contribution < -0.4 is 0 Å². The Labute approximate surface area is 80.5 Å². The Morgan fingerprint density at radius 2 is 0.857 bits per heavy atom. The predicted molar refractivity (Wildman–Crippen MR) is 44.2 cm³/mol. The van der Waals surface area contributed by atoms with E-state index in [0.717, 1.165) is 0 Å². The highest BCUT2D eigenvalue weighted by Crippen LogP contribution is 2.07. The summed E-state index contributed by atoms with van der Waals surface area (Å²) in [7, 11) is 0. The van der Waals surface area contributed by atoms with Gasteiger partial charge >= 0.3 is 0 Å². The Balaban J connectivity index is 4.22. The Morgan fingerprint density at radius 1 is 0.571 bits per heavy atom. The van der Waals surface area contributed by atoms with Crippen LogP contribution in [-0.4, -0.2) is 79.5 Å². The number of hydrogen-bond acceptors (Lipinski definition) is 7. The van der Waals surface area contributed by atoms with Gasteiger partial charge in [0.2, 0.25) is 0 Å². The first-order valence-corrected chi connectivity index (χ1v) is 4.07. The van der Waals surface area contributed by atoms with Crippen molar-refractivity contribution >= 4 is 0 Å². The molecule has 0 amide bonds. The molecule has 7 heteroatoms. The second-order valence-corrected chi connectivity index (χ2v) is 2.97. The van der Waals surface area contributed by atoms with E-state index < -0.39 is 43.7 Å². The van der Waals surface area contributed by atoms with E-state index in [-0.39, 0.29) is 0 Å². The van der Waals surface area contributed by atoms with Crippen molar-refractivity contribution in [1.82, 2.24) is 0 Å². The van der Waals surface area contributed by atoms with Crippen molar-refractivity contribution in [2.75, 3.05) is 13.2 Å². The monoisotopic (exact) mass is 212 g/mol. The fraction of sp³-hybridized carbons (Fsp3) is 1.00. The van der Waals surface area contributed by atoms with Crippen molar-refractivity contribution in [1.29, 1.82) is 0 Å². The molecule has 0 spiro atoms. The summed E-state index contributed by atoms with van der Waals surface area (Å²) in [5.41, 5.74) is 0. The van der Waals surface area contributed by atoms with Gasteiger partial charge in [0.25, 0.3) is 0 Å². The SMILES string of the molecule is OCC(O)[C@H](O)C(O)[C@H](O)[C@H](O)CO. The molecule has 0 aromatic carbocycles. The van der Waals surface area contributed by atoms with Gasteiger partial charge in [-0.15, -0.1) is 0 Å². The van der Waals surface area contributed by atoms with Crippen LogP contribution in [-0.2, 0) is 0 Å². The summed E-state index contributed by atoms with van der Waals surface area (Å²) in [4.78, 5) is 0. The van der Waals surface area contributed by atoms with Gasteiger partial charge in [-0.1, -0.05) is 0 Å². The molecule has 0 aliphatic heterocycles. The maximum atomic E-state index is 9.15. The molecule has 0 radical (unpaired) electrons. The van der Waals surface area contributed by atoms with E-state index in [1.165, 1.54) is 0 Å². The summed E-state index contributed by atoms with van der Waals surface area (Å²) in [5.74, 6) is 0. The summed E-state index contributed by atoms with van der Waals surface area (Å²) >= 11 is 0. The summed E-state index contributed by atoms with van der Waals surface area (Å²) in [6.45, 7) is -1.58. The summed E-state index contributed by atoms with van der Waals surface area (Å²) in [6.07, 6.45) is -8.68. The Kier molecular flexibility index (Phi) is 6.12. The molecule has 0 bridgehead atoms. The molecule has 0 saturated heterocycles. The molecule has 7 nitrogen and oxygen atoms in total. The van der Waals surface area contributed by atoms with Gasteiger partial charge in [0.05, 0.1) is 13.2 Å². The van der Waals surface area contributed by atoms with Crippen LogP contribution in [0.5, 0.6) is 0 Å². The minimum atomic E-state index is -1.85.